The van der Waals surface area contributed by atoms with Gasteiger partial charge in [0.1, 0.15) is 5.52 Å². The van der Waals surface area contributed by atoms with Gasteiger partial charge in [-0.25, -0.2) is 4.52 Å². The van der Waals surface area contributed by atoms with E-state index in [4.69, 9.17) is 0 Å². The summed E-state index contributed by atoms with van der Waals surface area (Å²) in [4.78, 5) is 12.1. The lowest BCUT2D eigenvalue weighted by Crippen LogP contribution is -2.39. The highest BCUT2D eigenvalue weighted by Crippen LogP contribution is 2.08. The number of hydrogen-bond donors (Lipinski definition) is 1. The fraction of sp³-hybridized carbons (Fsp3) is 0.500. The summed E-state index contributed by atoms with van der Waals surface area (Å²) >= 11 is 0. The number of aromatic nitrogens is 3. The summed E-state index contributed by atoms with van der Waals surface area (Å²) < 4.78 is 3.40. The van der Waals surface area contributed by atoms with E-state index in [1.807, 2.05) is 12.4 Å². The summed E-state index contributed by atoms with van der Waals surface area (Å²) in [6, 6.07) is 2.18. The van der Waals surface area contributed by atoms with E-state index >= 15 is 0 Å². The fourth-order valence-electron chi connectivity index (χ4n) is 2.42. The van der Waals surface area contributed by atoms with Crippen molar-refractivity contribution < 1.29 is 0 Å². The van der Waals surface area contributed by atoms with Crippen LogP contribution < -0.4 is 10.9 Å². The fourth-order valence-corrected chi connectivity index (χ4v) is 2.42. The van der Waals surface area contributed by atoms with Crippen LogP contribution in [0.15, 0.2) is 29.5 Å². The Morgan fingerprint density at radius 1 is 1.41 bits per heavy atom. The topological polar surface area (TPSA) is 51.3 Å². The van der Waals surface area contributed by atoms with E-state index in [-0.39, 0.29) is 5.56 Å². The molecule has 3 rings (SSSR count). The van der Waals surface area contributed by atoms with Crippen molar-refractivity contribution >= 4 is 5.52 Å². The molecule has 1 N–H and O–H groups in total. The van der Waals surface area contributed by atoms with Crippen LogP contribution in [-0.2, 0) is 6.54 Å². The van der Waals surface area contributed by atoms with Crippen molar-refractivity contribution in [3.8, 4) is 0 Å². The number of piperidine rings is 1. The summed E-state index contributed by atoms with van der Waals surface area (Å²) in [6.45, 7) is 1.81. The Hall–Kier alpha value is -1.62. The van der Waals surface area contributed by atoms with Gasteiger partial charge < -0.3 is 9.88 Å². The van der Waals surface area contributed by atoms with Gasteiger partial charge in [0.05, 0.1) is 6.20 Å². The molecule has 0 spiro atoms. The summed E-state index contributed by atoms with van der Waals surface area (Å²) in [5.74, 6) is 0. The van der Waals surface area contributed by atoms with Crippen LogP contribution in [0.1, 0.15) is 19.3 Å². The summed E-state index contributed by atoms with van der Waals surface area (Å²) in [7, 11) is 0. The van der Waals surface area contributed by atoms with E-state index in [2.05, 4.69) is 10.4 Å². The first-order chi connectivity index (χ1) is 8.34. The molecule has 1 unspecified atom stereocenters. The molecule has 90 valence electrons. The highest BCUT2D eigenvalue weighted by molar-refractivity contribution is 5.42. The number of nitrogens with zero attached hydrogens (tertiary/aromatic N) is 3. The Morgan fingerprint density at radius 3 is 3.18 bits per heavy atom. The van der Waals surface area contributed by atoms with Crippen LogP contribution in [0.2, 0.25) is 0 Å². The molecule has 3 heterocycles. The van der Waals surface area contributed by atoms with Crippen LogP contribution in [0.5, 0.6) is 0 Å². The lowest BCUT2D eigenvalue weighted by molar-refractivity contribution is 0.359. The average Bonchev–Trinajstić information content (AvgIpc) is 2.83. The zero-order valence-electron chi connectivity index (χ0n) is 9.67. The van der Waals surface area contributed by atoms with Crippen LogP contribution >= 0.6 is 0 Å². The summed E-state index contributed by atoms with van der Waals surface area (Å²) in [5.41, 5.74) is 0.681. The van der Waals surface area contributed by atoms with Crippen LogP contribution in [-0.4, -0.2) is 26.8 Å². The smallest absolute Gasteiger partial charge is 0.276 e. The lowest BCUT2D eigenvalue weighted by atomic mass is 10.1. The first kappa shape index (κ1) is 10.5. The molecular weight excluding hydrogens is 216 g/mol. The van der Waals surface area contributed by atoms with Gasteiger partial charge in [-0.05, 0) is 25.5 Å². The maximum atomic E-state index is 12.1. The van der Waals surface area contributed by atoms with Gasteiger partial charge in [0.2, 0.25) is 0 Å². The minimum absolute atomic E-state index is 0.0392. The molecule has 1 aliphatic heterocycles. The molecule has 2 aromatic rings. The van der Waals surface area contributed by atoms with Crippen molar-refractivity contribution in [2.24, 2.45) is 0 Å². The van der Waals surface area contributed by atoms with Crippen LogP contribution in [0, 0.1) is 0 Å². The second kappa shape index (κ2) is 4.33. The highest BCUT2D eigenvalue weighted by atomic mass is 16.1. The van der Waals surface area contributed by atoms with Crippen molar-refractivity contribution in [1.82, 2.24) is 19.5 Å². The average molecular weight is 232 g/mol. The first-order valence-electron chi connectivity index (χ1n) is 6.11. The standard InChI is InChI=1S/C12H16N4O/c17-12-11-4-6-14-16(11)8-7-15(12)9-10-3-1-2-5-13-10/h4,6-8,10,13H,1-3,5,9H2. The normalized spacial score (nSPS) is 20.8. The zero-order valence-corrected chi connectivity index (χ0v) is 9.67. The van der Waals surface area contributed by atoms with Crippen molar-refractivity contribution in [1.29, 1.82) is 0 Å². The third-order valence-electron chi connectivity index (χ3n) is 3.37. The lowest BCUT2D eigenvalue weighted by Gasteiger charge is -2.24. The van der Waals surface area contributed by atoms with Crippen LogP contribution in [0.4, 0.5) is 0 Å². The molecule has 1 saturated heterocycles. The number of nitrogens with one attached hydrogen (secondary N) is 1. The van der Waals surface area contributed by atoms with Gasteiger partial charge in [-0.15, -0.1) is 0 Å². The molecule has 17 heavy (non-hydrogen) atoms. The summed E-state index contributed by atoms with van der Waals surface area (Å²) in [6.07, 6.45) is 8.95. The minimum Gasteiger partial charge on any atom is -0.312 e. The van der Waals surface area contributed by atoms with Crippen molar-refractivity contribution in [2.45, 2.75) is 31.8 Å². The molecule has 0 saturated carbocycles. The largest absolute Gasteiger partial charge is 0.312 e. The van der Waals surface area contributed by atoms with Gasteiger partial charge in [-0.3, -0.25) is 4.79 Å². The van der Waals surface area contributed by atoms with Crippen molar-refractivity contribution in [2.75, 3.05) is 6.54 Å². The molecule has 5 nitrogen and oxygen atoms in total. The molecule has 0 aromatic carbocycles. The van der Waals surface area contributed by atoms with Gasteiger partial charge >= 0.3 is 0 Å². The second-order valence-corrected chi connectivity index (χ2v) is 4.56. The zero-order chi connectivity index (χ0) is 11.7. The second-order valence-electron chi connectivity index (χ2n) is 4.56. The molecule has 0 bridgehead atoms. The Bertz CT molecular complexity index is 565. The predicted octanol–water partition coefficient (Wildman–Crippen LogP) is 0.638. The molecule has 0 radical (unpaired) electrons. The maximum absolute atomic E-state index is 12.1. The van der Waals surface area contributed by atoms with Gasteiger partial charge in [-0.1, -0.05) is 6.42 Å². The summed E-state index contributed by atoms with van der Waals surface area (Å²) in [5, 5.41) is 7.51. The molecule has 5 heteroatoms. The molecule has 0 aliphatic carbocycles. The molecule has 1 aliphatic rings. The maximum Gasteiger partial charge on any atom is 0.276 e. The van der Waals surface area contributed by atoms with E-state index in [9.17, 15) is 4.79 Å². The first-order valence-corrected chi connectivity index (χ1v) is 6.11. The molecule has 1 fully saturated rings. The van der Waals surface area contributed by atoms with Crippen molar-refractivity contribution in [3.05, 3.63) is 35.0 Å². The van der Waals surface area contributed by atoms with Gasteiger partial charge in [0, 0.05) is 25.0 Å². The van der Waals surface area contributed by atoms with Gasteiger partial charge in [0.15, 0.2) is 0 Å². The molecule has 2 aromatic heterocycles. The molecule has 1 atom stereocenters. The van der Waals surface area contributed by atoms with Gasteiger partial charge in [-0.2, -0.15) is 5.10 Å². The number of rotatable bonds is 2. The van der Waals surface area contributed by atoms with E-state index < -0.39 is 0 Å². The van der Waals surface area contributed by atoms with Gasteiger partial charge in [0.25, 0.3) is 5.56 Å². The Morgan fingerprint density at radius 2 is 2.35 bits per heavy atom. The van der Waals surface area contributed by atoms with E-state index in [1.165, 1.54) is 12.8 Å². The SMILES string of the molecule is O=c1c2ccnn2ccn1CC1CCCCN1. The highest BCUT2D eigenvalue weighted by Gasteiger charge is 2.14. The Balaban J connectivity index is 1.89. The van der Waals surface area contributed by atoms with Crippen LogP contribution in [0.25, 0.3) is 5.52 Å². The monoisotopic (exact) mass is 232 g/mol. The number of hydrogen-bond acceptors (Lipinski definition) is 3. The van der Waals surface area contributed by atoms with E-state index in [1.54, 1.807) is 21.3 Å². The quantitative estimate of drug-likeness (QED) is 0.826. The Kier molecular flexibility index (Phi) is 2.68. The van der Waals surface area contributed by atoms with E-state index in [0.717, 1.165) is 19.5 Å². The minimum atomic E-state index is 0.0392. The third kappa shape index (κ3) is 1.98. The van der Waals surface area contributed by atoms with Crippen molar-refractivity contribution in [3.63, 3.8) is 0 Å². The van der Waals surface area contributed by atoms with E-state index in [0.29, 0.717) is 11.6 Å². The molecule has 0 amide bonds. The van der Waals surface area contributed by atoms with Crippen LogP contribution in [0.3, 0.4) is 0 Å². The number of fused-ring (bicyclic) bond motifs is 1. The predicted molar refractivity (Wildman–Crippen MR) is 65.1 cm³/mol. The Labute approximate surface area is 99.1 Å². The molecular formula is C12H16N4O. The third-order valence-corrected chi connectivity index (χ3v) is 3.37.